The van der Waals surface area contributed by atoms with Crippen molar-refractivity contribution < 1.29 is 0 Å². The molecule has 0 bridgehead atoms. The maximum absolute atomic E-state index is 4.55. The quantitative estimate of drug-likeness (QED) is 0.898. The Hall–Kier alpha value is -1.61. The third-order valence-corrected chi connectivity index (χ3v) is 3.66. The smallest absolute Gasteiger partial charge is 0.0694 e. The number of hydrogen-bond acceptors (Lipinski definition) is 2. The SMILES string of the molecule is Cc1ccc(C(C)NCc2cn(C)nc2C(C)C)cc1. The fourth-order valence-corrected chi connectivity index (χ4v) is 2.41. The molecule has 1 N–H and O–H groups in total. The van der Waals surface area contributed by atoms with E-state index in [1.165, 1.54) is 22.4 Å². The van der Waals surface area contributed by atoms with Crippen LogP contribution in [0.2, 0.25) is 0 Å². The van der Waals surface area contributed by atoms with Crippen LogP contribution in [0.1, 0.15) is 55.1 Å². The predicted octanol–water partition coefficient (Wildman–Crippen LogP) is 3.70. The summed E-state index contributed by atoms with van der Waals surface area (Å²) in [5, 5.41) is 8.14. The lowest BCUT2D eigenvalue weighted by molar-refractivity contribution is 0.570. The Morgan fingerprint density at radius 3 is 2.40 bits per heavy atom. The van der Waals surface area contributed by atoms with Crippen molar-refractivity contribution in [3.05, 3.63) is 52.8 Å². The second-order valence-electron chi connectivity index (χ2n) is 5.88. The molecule has 1 atom stereocenters. The van der Waals surface area contributed by atoms with Crippen molar-refractivity contribution in [2.75, 3.05) is 0 Å². The first kappa shape index (κ1) is 14.8. The lowest BCUT2D eigenvalue weighted by Crippen LogP contribution is -2.18. The van der Waals surface area contributed by atoms with Crippen molar-refractivity contribution in [2.45, 2.75) is 46.2 Å². The summed E-state index contributed by atoms with van der Waals surface area (Å²) in [5.74, 6) is 0.461. The second kappa shape index (κ2) is 6.23. The number of aromatic nitrogens is 2. The Morgan fingerprint density at radius 1 is 1.15 bits per heavy atom. The standard InChI is InChI=1S/C17H25N3/c1-12(2)17-16(11-20(5)19-17)10-18-14(4)15-8-6-13(3)7-9-15/h6-9,11-12,14,18H,10H2,1-5H3. The topological polar surface area (TPSA) is 29.9 Å². The van der Waals surface area contributed by atoms with Crippen LogP contribution < -0.4 is 5.32 Å². The van der Waals surface area contributed by atoms with Gasteiger partial charge >= 0.3 is 0 Å². The molecule has 2 aromatic rings. The molecule has 0 fully saturated rings. The molecule has 0 radical (unpaired) electrons. The van der Waals surface area contributed by atoms with E-state index in [0.29, 0.717) is 12.0 Å². The molecular weight excluding hydrogens is 246 g/mol. The number of aryl methyl sites for hydroxylation is 2. The van der Waals surface area contributed by atoms with Crippen molar-refractivity contribution in [3.63, 3.8) is 0 Å². The lowest BCUT2D eigenvalue weighted by atomic mass is 10.0. The highest BCUT2D eigenvalue weighted by molar-refractivity contribution is 5.24. The van der Waals surface area contributed by atoms with Crippen LogP contribution in [-0.4, -0.2) is 9.78 Å². The van der Waals surface area contributed by atoms with E-state index >= 15 is 0 Å². The Kier molecular flexibility index (Phi) is 4.61. The van der Waals surface area contributed by atoms with Gasteiger partial charge in [-0.15, -0.1) is 0 Å². The van der Waals surface area contributed by atoms with Gasteiger partial charge in [0.1, 0.15) is 0 Å². The van der Waals surface area contributed by atoms with Gasteiger partial charge in [-0.2, -0.15) is 5.10 Å². The Bertz CT molecular complexity index is 552. The molecule has 3 nitrogen and oxygen atoms in total. The highest BCUT2D eigenvalue weighted by Crippen LogP contribution is 2.19. The number of benzene rings is 1. The van der Waals surface area contributed by atoms with Crippen LogP contribution >= 0.6 is 0 Å². The van der Waals surface area contributed by atoms with E-state index in [9.17, 15) is 0 Å². The monoisotopic (exact) mass is 271 g/mol. The van der Waals surface area contributed by atoms with Crippen molar-refractivity contribution in [1.29, 1.82) is 0 Å². The zero-order valence-corrected chi connectivity index (χ0v) is 13.1. The molecule has 2 rings (SSSR count). The molecular formula is C17H25N3. The minimum Gasteiger partial charge on any atom is -0.306 e. The average Bonchev–Trinajstić information content (AvgIpc) is 2.78. The summed E-state index contributed by atoms with van der Waals surface area (Å²) < 4.78 is 1.91. The Labute approximate surface area is 122 Å². The summed E-state index contributed by atoms with van der Waals surface area (Å²) >= 11 is 0. The third-order valence-electron chi connectivity index (χ3n) is 3.66. The normalized spacial score (nSPS) is 12.9. The molecule has 0 aliphatic rings. The highest BCUT2D eigenvalue weighted by atomic mass is 15.3. The van der Waals surface area contributed by atoms with E-state index in [1.54, 1.807) is 0 Å². The minimum absolute atomic E-state index is 0.343. The van der Waals surface area contributed by atoms with Crippen LogP contribution in [0.25, 0.3) is 0 Å². The fraction of sp³-hybridized carbons (Fsp3) is 0.471. The van der Waals surface area contributed by atoms with Crippen molar-refractivity contribution in [2.24, 2.45) is 7.05 Å². The van der Waals surface area contributed by atoms with E-state index in [4.69, 9.17) is 0 Å². The summed E-state index contributed by atoms with van der Waals surface area (Å²) in [6.45, 7) is 9.56. The molecule has 0 aliphatic heterocycles. The molecule has 0 aliphatic carbocycles. The average molecular weight is 271 g/mol. The zero-order chi connectivity index (χ0) is 14.7. The summed E-state index contributed by atoms with van der Waals surface area (Å²) in [4.78, 5) is 0. The van der Waals surface area contributed by atoms with Gasteiger partial charge in [-0.25, -0.2) is 0 Å². The highest BCUT2D eigenvalue weighted by Gasteiger charge is 2.12. The molecule has 0 saturated heterocycles. The van der Waals surface area contributed by atoms with Crippen LogP contribution in [0.4, 0.5) is 0 Å². The lowest BCUT2D eigenvalue weighted by Gasteiger charge is -2.15. The molecule has 108 valence electrons. The molecule has 3 heteroatoms. The van der Waals surface area contributed by atoms with Gasteiger partial charge in [-0.05, 0) is 25.3 Å². The molecule has 1 heterocycles. The van der Waals surface area contributed by atoms with E-state index in [1.807, 2.05) is 11.7 Å². The number of nitrogens with one attached hydrogen (secondary N) is 1. The molecule has 1 unspecified atom stereocenters. The van der Waals surface area contributed by atoms with Crippen LogP contribution in [0.5, 0.6) is 0 Å². The Morgan fingerprint density at radius 2 is 1.80 bits per heavy atom. The molecule has 0 saturated carbocycles. The number of nitrogens with zero attached hydrogens (tertiary/aromatic N) is 2. The van der Waals surface area contributed by atoms with Crippen molar-refractivity contribution in [1.82, 2.24) is 15.1 Å². The molecule has 0 amide bonds. The molecule has 0 spiro atoms. The molecule has 1 aromatic heterocycles. The van der Waals surface area contributed by atoms with E-state index in [2.05, 4.69) is 68.6 Å². The largest absolute Gasteiger partial charge is 0.306 e. The first-order chi connectivity index (χ1) is 9.47. The van der Waals surface area contributed by atoms with E-state index in [0.717, 1.165) is 6.54 Å². The summed E-state index contributed by atoms with van der Waals surface area (Å²) in [6.07, 6.45) is 2.12. The number of rotatable bonds is 5. The maximum atomic E-state index is 4.55. The predicted molar refractivity (Wildman–Crippen MR) is 83.7 cm³/mol. The Balaban J connectivity index is 2.03. The summed E-state index contributed by atoms with van der Waals surface area (Å²) in [5.41, 5.74) is 5.11. The first-order valence-corrected chi connectivity index (χ1v) is 7.29. The van der Waals surface area contributed by atoms with Crippen molar-refractivity contribution >= 4 is 0 Å². The zero-order valence-electron chi connectivity index (χ0n) is 13.1. The van der Waals surface area contributed by atoms with E-state index < -0.39 is 0 Å². The fourth-order valence-electron chi connectivity index (χ4n) is 2.41. The third kappa shape index (κ3) is 3.48. The first-order valence-electron chi connectivity index (χ1n) is 7.29. The maximum Gasteiger partial charge on any atom is 0.0694 e. The van der Waals surface area contributed by atoms with Crippen LogP contribution in [0, 0.1) is 6.92 Å². The molecule has 20 heavy (non-hydrogen) atoms. The van der Waals surface area contributed by atoms with Crippen LogP contribution in [0.15, 0.2) is 30.5 Å². The van der Waals surface area contributed by atoms with Gasteiger partial charge in [0.15, 0.2) is 0 Å². The van der Waals surface area contributed by atoms with Gasteiger partial charge in [-0.3, -0.25) is 4.68 Å². The van der Waals surface area contributed by atoms with Gasteiger partial charge in [0.2, 0.25) is 0 Å². The number of hydrogen-bond donors (Lipinski definition) is 1. The van der Waals surface area contributed by atoms with Crippen molar-refractivity contribution in [3.8, 4) is 0 Å². The second-order valence-corrected chi connectivity index (χ2v) is 5.88. The van der Waals surface area contributed by atoms with Gasteiger partial charge in [0, 0.05) is 31.4 Å². The van der Waals surface area contributed by atoms with Gasteiger partial charge in [0.25, 0.3) is 0 Å². The summed E-state index contributed by atoms with van der Waals surface area (Å²) in [6, 6.07) is 9.06. The van der Waals surface area contributed by atoms with Gasteiger partial charge in [0.05, 0.1) is 5.69 Å². The van der Waals surface area contributed by atoms with Crippen LogP contribution in [0.3, 0.4) is 0 Å². The minimum atomic E-state index is 0.343. The molecule has 1 aromatic carbocycles. The summed E-state index contributed by atoms with van der Waals surface area (Å²) in [7, 11) is 1.98. The van der Waals surface area contributed by atoms with Crippen LogP contribution in [-0.2, 0) is 13.6 Å². The van der Waals surface area contributed by atoms with Gasteiger partial charge in [-0.1, -0.05) is 43.7 Å². The van der Waals surface area contributed by atoms with E-state index in [-0.39, 0.29) is 0 Å². The van der Waals surface area contributed by atoms with Gasteiger partial charge < -0.3 is 5.32 Å².